The van der Waals surface area contributed by atoms with Gasteiger partial charge < -0.3 is 5.11 Å². The number of aryl methyl sites for hydroxylation is 1. The van der Waals surface area contributed by atoms with Gasteiger partial charge in [0.1, 0.15) is 5.75 Å². The standard InChI is InChI=1S/C12H18O.K/c1-4-5-10(3)11-7-6-9(2)8-12(11)13;/h6-8,10,13H,4-5H2,1-3H3;. The Morgan fingerprint density at radius 1 is 1.36 bits per heavy atom. The third-order valence-corrected chi connectivity index (χ3v) is 2.44. The van der Waals surface area contributed by atoms with Gasteiger partial charge in [-0.1, -0.05) is 32.4 Å². The molecule has 0 aliphatic rings. The van der Waals surface area contributed by atoms with E-state index in [0.717, 1.165) is 24.0 Å². The Morgan fingerprint density at radius 3 is 2.50 bits per heavy atom. The summed E-state index contributed by atoms with van der Waals surface area (Å²) in [6.07, 6.45) is 2.30. The molecule has 0 saturated carbocycles. The molecule has 2 heteroatoms. The maximum atomic E-state index is 9.69. The van der Waals surface area contributed by atoms with Crippen LogP contribution >= 0.6 is 0 Å². The first kappa shape index (κ1) is 14.7. The van der Waals surface area contributed by atoms with Crippen LogP contribution in [0.4, 0.5) is 0 Å². The molecule has 1 atom stereocenters. The van der Waals surface area contributed by atoms with Crippen LogP contribution in [0.2, 0.25) is 0 Å². The SMILES string of the molecule is CCCC(C)c1ccc(C)cc1O.[K]. The average Bonchev–Trinajstić information content (AvgIpc) is 2.04. The molecule has 1 aromatic carbocycles. The van der Waals surface area contributed by atoms with Crippen LogP contribution in [0.1, 0.15) is 43.7 Å². The van der Waals surface area contributed by atoms with Crippen LogP contribution in [0.5, 0.6) is 5.75 Å². The summed E-state index contributed by atoms with van der Waals surface area (Å²) in [6, 6.07) is 5.92. The van der Waals surface area contributed by atoms with Gasteiger partial charge in [0.2, 0.25) is 0 Å². The van der Waals surface area contributed by atoms with Crippen molar-refractivity contribution in [3.63, 3.8) is 0 Å². The quantitative estimate of drug-likeness (QED) is 0.771. The summed E-state index contributed by atoms with van der Waals surface area (Å²) in [7, 11) is 0. The minimum Gasteiger partial charge on any atom is -0.508 e. The van der Waals surface area contributed by atoms with Gasteiger partial charge in [0, 0.05) is 51.4 Å². The van der Waals surface area contributed by atoms with E-state index in [1.807, 2.05) is 19.1 Å². The molecule has 0 fully saturated rings. The molecule has 0 aromatic heterocycles. The summed E-state index contributed by atoms with van der Waals surface area (Å²) in [5, 5.41) is 9.69. The van der Waals surface area contributed by atoms with Crippen LogP contribution in [0.25, 0.3) is 0 Å². The number of hydrogen-bond acceptors (Lipinski definition) is 1. The second-order valence-corrected chi connectivity index (χ2v) is 3.75. The first-order chi connectivity index (χ1) is 6.15. The van der Waals surface area contributed by atoms with Crippen LogP contribution in [-0.2, 0) is 0 Å². The number of phenols is 1. The van der Waals surface area contributed by atoms with E-state index in [-0.39, 0.29) is 51.4 Å². The molecular formula is C12H18KO. The predicted octanol–water partition coefficient (Wildman–Crippen LogP) is 3.22. The van der Waals surface area contributed by atoms with Crippen LogP contribution in [0, 0.1) is 6.92 Å². The van der Waals surface area contributed by atoms with Crippen molar-refractivity contribution in [2.75, 3.05) is 0 Å². The molecule has 1 rings (SSSR count). The van der Waals surface area contributed by atoms with Crippen molar-refractivity contribution >= 4 is 51.4 Å². The monoisotopic (exact) mass is 217 g/mol. The second-order valence-electron chi connectivity index (χ2n) is 3.75. The molecular weight excluding hydrogens is 199 g/mol. The fraction of sp³-hybridized carbons (Fsp3) is 0.500. The summed E-state index contributed by atoms with van der Waals surface area (Å²) < 4.78 is 0. The summed E-state index contributed by atoms with van der Waals surface area (Å²) in [6.45, 7) is 6.32. The summed E-state index contributed by atoms with van der Waals surface area (Å²) >= 11 is 0. The number of aromatic hydroxyl groups is 1. The zero-order valence-electron chi connectivity index (χ0n) is 9.67. The second kappa shape index (κ2) is 7.02. The zero-order chi connectivity index (χ0) is 9.84. The van der Waals surface area contributed by atoms with Crippen molar-refractivity contribution in [1.29, 1.82) is 0 Å². The maximum absolute atomic E-state index is 9.69. The first-order valence-corrected chi connectivity index (χ1v) is 4.94. The predicted molar refractivity (Wildman–Crippen MR) is 61.9 cm³/mol. The van der Waals surface area contributed by atoms with Crippen molar-refractivity contribution in [3.05, 3.63) is 29.3 Å². The Labute approximate surface area is 129 Å². The number of rotatable bonds is 3. The molecule has 73 valence electrons. The molecule has 0 amide bonds. The van der Waals surface area contributed by atoms with Gasteiger partial charge in [-0.25, -0.2) is 0 Å². The largest absolute Gasteiger partial charge is 0.508 e. The Hall–Kier alpha value is 0.656. The van der Waals surface area contributed by atoms with Gasteiger partial charge >= 0.3 is 0 Å². The van der Waals surface area contributed by atoms with Crippen LogP contribution in [0.3, 0.4) is 0 Å². The van der Waals surface area contributed by atoms with Gasteiger partial charge in [-0.15, -0.1) is 0 Å². The van der Waals surface area contributed by atoms with Gasteiger partial charge in [-0.2, -0.15) is 0 Å². The van der Waals surface area contributed by atoms with E-state index in [9.17, 15) is 5.11 Å². The van der Waals surface area contributed by atoms with Gasteiger partial charge in [0.25, 0.3) is 0 Å². The zero-order valence-corrected chi connectivity index (χ0v) is 12.8. The smallest absolute Gasteiger partial charge is 0.119 e. The van der Waals surface area contributed by atoms with E-state index in [1.165, 1.54) is 0 Å². The molecule has 1 nitrogen and oxygen atoms in total. The van der Waals surface area contributed by atoms with Crippen LogP contribution < -0.4 is 0 Å². The number of benzene rings is 1. The van der Waals surface area contributed by atoms with E-state index in [1.54, 1.807) is 0 Å². The number of phenolic OH excluding ortho intramolecular Hbond substituents is 1. The van der Waals surface area contributed by atoms with Gasteiger partial charge in [0.05, 0.1) is 0 Å². The van der Waals surface area contributed by atoms with Crippen molar-refractivity contribution in [2.24, 2.45) is 0 Å². The Balaban J connectivity index is 0.00000169. The van der Waals surface area contributed by atoms with E-state index >= 15 is 0 Å². The molecule has 0 heterocycles. The van der Waals surface area contributed by atoms with E-state index in [2.05, 4.69) is 19.9 Å². The molecule has 14 heavy (non-hydrogen) atoms. The van der Waals surface area contributed by atoms with Crippen molar-refractivity contribution in [1.82, 2.24) is 0 Å². The Kier molecular flexibility index (Phi) is 7.35. The van der Waals surface area contributed by atoms with Crippen LogP contribution in [0.15, 0.2) is 18.2 Å². The fourth-order valence-corrected chi connectivity index (χ4v) is 1.66. The van der Waals surface area contributed by atoms with Gasteiger partial charge in [-0.05, 0) is 36.5 Å². The first-order valence-electron chi connectivity index (χ1n) is 4.94. The van der Waals surface area contributed by atoms with Gasteiger partial charge in [0.15, 0.2) is 0 Å². The average molecular weight is 217 g/mol. The third kappa shape index (κ3) is 4.03. The Morgan fingerprint density at radius 2 is 2.00 bits per heavy atom. The van der Waals surface area contributed by atoms with Crippen molar-refractivity contribution in [3.8, 4) is 5.75 Å². The summed E-state index contributed by atoms with van der Waals surface area (Å²) in [5.74, 6) is 0.909. The third-order valence-electron chi connectivity index (χ3n) is 2.44. The number of hydrogen-bond donors (Lipinski definition) is 1. The molecule has 0 aliphatic carbocycles. The van der Waals surface area contributed by atoms with Crippen molar-refractivity contribution in [2.45, 2.75) is 39.5 Å². The molecule has 1 radical (unpaired) electrons. The molecule has 0 saturated heterocycles. The maximum Gasteiger partial charge on any atom is 0.119 e. The minimum atomic E-state index is 0. The van der Waals surface area contributed by atoms with Crippen LogP contribution in [-0.4, -0.2) is 56.5 Å². The molecule has 0 spiro atoms. The molecule has 1 unspecified atom stereocenters. The normalized spacial score (nSPS) is 11.9. The van der Waals surface area contributed by atoms with E-state index < -0.39 is 0 Å². The van der Waals surface area contributed by atoms with E-state index in [0.29, 0.717) is 11.7 Å². The minimum absolute atomic E-state index is 0. The molecule has 0 aliphatic heterocycles. The molecule has 0 bridgehead atoms. The van der Waals surface area contributed by atoms with Gasteiger partial charge in [-0.3, -0.25) is 0 Å². The molecule has 1 N–H and O–H groups in total. The Bertz CT molecular complexity index is 284. The molecule has 1 aromatic rings. The summed E-state index contributed by atoms with van der Waals surface area (Å²) in [5.41, 5.74) is 2.19. The van der Waals surface area contributed by atoms with Crippen molar-refractivity contribution < 1.29 is 5.11 Å². The fourth-order valence-electron chi connectivity index (χ4n) is 1.66. The summed E-state index contributed by atoms with van der Waals surface area (Å²) in [4.78, 5) is 0. The topological polar surface area (TPSA) is 20.2 Å². The van der Waals surface area contributed by atoms with E-state index in [4.69, 9.17) is 0 Å².